The van der Waals surface area contributed by atoms with Gasteiger partial charge in [-0.3, -0.25) is 4.79 Å². The van der Waals surface area contributed by atoms with E-state index in [-0.39, 0.29) is 5.91 Å². The summed E-state index contributed by atoms with van der Waals surface area (Å²) in [5.74, 6) is 1.09. The lowest BCUT2D eigenvalue weighted by Gasteiger charge is -2.38. The van der Waals surface area contributed by atoms with E-state index in [1.54, 1.807) is 7.11 Å². The standard InChI is InChI=1S/C21H33N3O2/c1-22-12-14-23(15-13-22)11-9-19-7-3-4-10-24(19)21(25)17-18-6-5-8-20(16-18)26-2/h5-6,8,16,19H,3-4,7,9-15,17H2,1-2H3. The van der Waals surface area contributed by atoms with Gasteiger partial charge in [-0.15, -0.1) is 0 Å². The second-order valence-electron chi connectivity index (χ2n) is 7.70. The highest BCUT2D eigenvalue weighted by atomic mass is 16.5. The summed E-state index contributed by atoms with van der Waals surface area (Å²) in [6.45, 7) is 6.64. The molecule has 0 radical (unpaired) electrons. The third-order valence-corrected chi connectivity index (χ3v) is 5.81. The lowest BCUT2D eigenvalue weighted by atomic mass is 9.97. The van der Waals surface area contributed by atoms with Crippen LogP contribution in [0.5, 0.6) is 5.75 Å². The molecule has 2 aliphatic heterocycles. The van der Waals surface area contributed by atoms with Crippen LogP contribution in [0.3, 0.4) is 0 Å². The fraction of sp³-hybridized carbons (Fsp3) is 0.667. The van der Waals surface area contributed by atoms with Crippen molar-refractivity contribution in [3.8, 4) is 5.75 Å². The van der Waals surface area contributed by atoms with Crippen LogP contribution in [0.2, 0.25) is 0 Å². The van der Waals surface area contributed by atoms with Crippen molar-refractivity contribution in [2.45, 2.75) is 38.1 Å². The Labute approximate surface area is 157 Å². The van der Waals surface area contributed by atoms with E-state index >= 15 is 0 Å². The predicted molar refractivity (Wildman–Crippen MR) is 105 cm³/mol. The molecule has 0 bridgehead atoms. The van der Waals surface area contributed by atoms with Crippen LogP contribution in [0.1, 0.15) is 31.2 Å². The van der Waals surface area contributed by atoms with Crippen LogP contribution in [0, 0.1) is 0 Å². The highest BCUT2D eigenvalue weighted by Crippen LogP contribution is 2.22. The van der Waals surface area contributed by atoms with Crippen LogP contribution < -0.4 is 4.74 Å². The van der Waals surface area contributed by atoms with Gasteiger partial charge in [-0.1, -0.05) is 12.1 Å². The van der Waals surface area contributed by atoms with E-state index < -0.39 is 0 Å². The molecule has 1 atom stereocenters. The van der Waals surface area contributed by atoms with Crippen molar-refractivity contribution in [3.63, 3.8) is 0 Å². The smallest absolute Gasteiger partial charge is 0.227 e. The van der Waals surface area contributed by atoms with Crippen molar-refractivity contribution in [1.29, 1.82) is 0 Å². The molecule has 1 amide bonds. The Balaban J connectivity index is 1.54. The summed E-state index contributed by atoms with van der Waals surface area (Å²) in [6, 6.07) is 8.28. The fourth-order valence-electron chi connectivity index (χ4n) is 4.09. The number of carbonyl (C=O) groups is 1. The number of hydrogen-bond acceptors (Lipinski definition) is 4. The molecule has 5 nitrogen and oxygen atoms in total. The van der Waals surface area contributed by atoms with Gasteiger partial charge in [0.25, 0.3) is 0 Å². The number of benzene rings is 1. The second-order valence-corrected chi connectivity index (χ2v) is 7.70. The van der Waals surface area contributed by atoms with E-state index in [0.717, 1.165) is 69.8 Å². The van der Waals surface area contributed by atoms with Gasteiger partial charge in [-0.2, -0.15) is 0 Å². The number of hydrogen-bond donors (Lipinski definition) is 0. The Morgan fingerprint density at radius 3 is 2.73 bits per heavy atom. The molecule has 1 aromatic rings. The maximum atomic E-state index is 12.9. The number of amides is 1. The van der Waals surface area contributed by atoms with E-state index in [1.807, 2.05) is 24.3 Å². The molecule has 144 valence electrons. The number of piperazine rings is 1. The predicted octanol–water partition coefficient (Wildman–Crippen LogP) is 2.26. The van der Waals surface area contributed by atoms with Gasteiger partial charge in [0.15, 0.2) is 0 Å². The molecule has 0 N–H and O–H groups in total. The number of likely N-dealkylation sites (tertiary alicyclic amines) is 1. The quantitative estimate of drug-likeness (QED) is 0.781. The van der Waals surface area contributed by atoms with Crippen molar-refractivity contribution in [2.24, 2.45) is 0 Å². The Hall–Kier alpha value is -1.59. The zero-order valence-corrected chi connectivity index (χ0v) is 16.3. The summed E-state index contributed by atoms with van der Waals surface area (Å²) < 4.78 is 5.28. The number of nitrogens with zero attached hydrogens (tertiary/aromatic N) is 3. The zero-order valence-electron chi connectivity index (χ0n) is 16.3. The molecule has 2 heterocycles. The third kappa shape index (κ3) is 5.21. The summed E-state index contributed by atoms with van der Waals surface area (Å²) >= 11 is 0. The Kier molecular flexibility index (Phi) is 6.92. The molecule has 2 fully saturated rings. The second kappa shape index (κ2) is 9.38. The van der Waals surface area contributed by atoms with Crippen LogP contribution in [0.15, 0.2) is 24.3 Å². The van der Waals surface area contributed by atoms with E-state index in [0.29, 0.717) is 12.5 Å². The molecule has 0 saturated carbocycles. The molecular formula is C21H33N3O2. The number of rotatable bonds is 6. The van der Waals surface area contributed by atoms with E-state index in [1.165, 1.54) is 6.42 Å². The van der Waals surface area contributed by atoms with Gasteiger partial charge in [0.2, 0.25) is 5.91 Å². The Morgan fingerprint density at radius 1 is 1.15 bits per heavy atom. The van der Waals surface area contributed by atoms with Crippen molar-refractivity contribution in [3.05, 3.63) is 29.8 Å². The van der Waals surface area contributed by atoms with Crippen LogP contribution in [0.25, 0.3) is 0 Å². The first-order chi connectivity index (χ1) is 12.7. The molecule has 2 saturated heterocycles. The van der Waals surface area contributed by atoms with Gasteiger partial charge >= 0.3 is 0 Å². The van der Waals surface area contributed by atoms with Crippen LogP contribution in [0.4, 0.5) is 0 Å². The van der Waals surface area contributed by atoms with Gasteiger partial charge in [-0.05, 0) is 50.4 Å². The van der Waals surface area contributed by atoms with Gasteiger partial charge in [-0.25, -0.2) is 0 Å². The summed E-state index contributed by atoms with van der Waals surface area (Å²) in [6.07, 6.45) is 5.11. The maximum absolute atomic E-state index is 12.9. The topological polar surface area (TPSA) is 36.0 Å². The first-order valence-electron chi connectivity index (χ1n) is 9.99. The molecule has 2 aliphatic rings. The van der Waals surface area contributed by atoms with Gasteiger partial charge in [0, 0.05) is 45.3 Å². The Morgan fingerprint density at radius 2 is 1.96 bits per heavy atom. The molecule has 5 heteroatoms. The first kappa shape index (κ1) is 19.2. The number of methoxy groups -OCH3 is 1. The number of piperidine rings is 1. The lowest BCUT2D eigenvalue weighted by Crippen LogP contribution is -2.48. The van der Waals surface area contributed by atoms with Crippen LogP contribution in [-0.2, 0) is 11.2 Å². The molecule has 3 rings (SSSR count). The van der Waals surface area contributed by atoms with Crippen LogP contribution in [-0.4, -0.2) is 80.1 Å². The normalized spacial score (nSPS) is 22.4. The third-order valence-electron chi connectivity index (χ3n) is 5.81. The maximum Gasteiger partial charge on any atom is 0.227 e. The number of ether oxygens (including phenoxy) is 1. The highest BCUT2D eigenvalue weighted by Gasteiger charge is 2.27. The lowest BCUT2D eigenvalue weighted by molar-refractivity contribution is -0.134. The molecule has 1 aromatic carbocycles. The minimum absolute atomic E-state index is 0.265. The van der Waals surface area contributed by atoms with Crippen LogP contribution >= 0.6 is 0 Å². The summed E-state index contributed by atoms with van der Waals surface area (Å²) in [5, 5.41) is 0. The fourth-order valence-corrected chi connectivity index (χ4v) is 4.09. The SMILES string of the molecule is COc1cccc(CC(=O)N2CCCCC2CCN2CCN(C)CC2)c1. The summed E-state index contributed by atoms with van der Waals surface area (Å²) in [4.78, 5) is 20.0. The summed E-state index contributed by atoms with van der Waals surface area (Å²) in [7, 11) is 3.86. The van der Waals surface area contributed by atoms with Crippen molar-refractivity contribution in [2.75, 3.05) is 53.4 Å². The molecule has 0 aromatic heterocycles. The average molecular weight is 360 g/mol. The molecule has 26 heavy (non-hydrogen) atoms. The zero-order chi connectivity index (χ0) is 18.4. The van der Waals surface area contributed by atoms with E-state index in [2.05, 4.69) is 21.7 Å². The molecule has 0 spiro atoms. The largest absolute Gasteiger partial charge is 0.497 e. The Bertz CT molecular complexity index is 584. The molecular weight excluding hydrogens is 326 g/mol. The molecule has 1 unspecified atom stereocenters. The average Bonchev–Trinajstić information content (AvgIpc) is 2.68. The van der Waals surface area contributed by atoms with Gasteiger partial charge in [0.05, 0.1) is 13.5 Å². The molecule has 0 aliphatic carbocycles. The first-order valence-corrected chi connectivity index (χ1v) is 9.99. The monoisotopic (exact) mass is 359 g/mol. The van der Waals surface area contributed by atoms with Crippen molar-refractivity contribution in [1.82, 2.24) is 14.7 Å². The van der Waals surface area contributed by atoms with E-state index in [9.17, 15) is 4.79 Å². The van der Waals surface area contributed by atoms with Gasteiger partial charge < -0.3 is 19.4 Å². The van der Waals surface area contributed by atoms with Gasteiger partial charge in [0.1, 0.15) is 5.75 Å². The van der Waals surface area contributed by atoms with E-state index in [4.69, 9.17) is 4.74 Å². The number of carbonyl (C=O) groups excluding carboxylic acids is 1. The minimum Gasteiger partial charge on any atom is -0.497 e. The minimum atomic E-state index is 0.265. The number of likely N-dealkylation sites (N-methyl/N-ethyl adjacent to an activating group) is 1. The van der Waals surface area contributed by atoms with Crippen molar-refractivity contribution >= 4 is 5.91 Å². The summed E-state index contributed by atoms with van der Waals surface area (Å²) in [5.41, 5.74) is 1.04. The van der Waals surface area contributed by atoms with Crippen molar-refractivity contribution < 1.29 is 9.53 Å². The highest BCUT2D eigenvalue weighted by molar-refractivity contribution is 5.79.